The van der Waals surface area contributed by atoms with E-state index in [0.717, 1.165) is 11.1 Å². The fraction of sp³-hybridized carbons (Fsp3) is 0.167. The fourth-order valence-corrected chi connectivity index (χ4v) is 2.79. The molecule has 0 saturated carbocycles. The van der Waals surface area contributed by atoms with Crippen LogP contribution in [0.3, 0.4) is 0 Å². The summed E-state index contributed by atoms with van der Waals surface area (Å²) in [5.74, 6) is -0.478. The second-order valence-electron chi connectivity index (χ2n) is 5.16. The third kappa shape index (κ3) is 2.73. The third-order valence-corrected chi connectivity index (χ3v) is 3.74. The number of hydrogen-bond donors (Lipinski definition) is 2. The van der Waals surface area contributed by atoms with Crippen LogP contribution in [0.2, 0.25) is 0 Å². The van der Waals surface area contributed by atoms with Gasteiger partial charge in [-0.25, -0.2) is 4.79 Å². The van der Waals surface area contributed by atoms with Gasteiger partial charge in [-0.2, -0.15) is 0 Å². The Hall–Kier alpha value is -2.95. The summed E-state index contributed by atoms with van der Waals surface area (Å²) in [7, 11) is 0. The van der Waals surface area contributed by atoms with E-state index in [-0.39, 0.29) is 11.5 Å². The molecular formula is C18H17NO4. The maximum Gasteiger partial charge on any atom is 0.337 e. The van der Waals surface area contributed by atoms with Crippen LogP contribution in [-0.2, 0) is 4.79 Å². The fourth-order valence-electron chi connectivity index (χ4n) is 2.79. The van der Waals surface area contributed by atoms with Crippen LogP contribution in [0.25, 0.3) is 0 Å². The molecule has 5 heteroatoms. The minimum atomic E-state index is -1.09. The van der Waals surface area contributed by atoms with Crippen molar-refractivity contribution >= 4 is 5.97 Å². The van der Waals surface area contributed by atoms with E-state index in [1.165, 1.54) is 0 Å². The van der Waals surface area contributed by atoms with Gasteiger partial charge in [0.1, 0.15) is 17.1 Å². The van der Waals surface area contributed by atoms with Crippen molar-refractivity contribution in [2.45, 2.75) is 12.8 Å². The van der Waals surface area contributed by atoms with Gasteiger partial charge in [-0.15, -0.1) is 0 Å². The zero-order chi connectivity index (χ0) is 16.4. The number of carboxylic acids is 1. The molecule has 0 bridgehead atoms. The highest BCUT2D eigenvalue weighted by Crippen LogP contribution is 2.43. The topological polar surface area (TPSA) is 81.8 Å². The van der Waals surface area contributed by atoms with Crippen LogP contribution in [0, 0.1) is 0 Å². The van der Waals surface area contributed by atoms with Crippen LogP contribution in [0.15, 0.2) is 60.0 Å². The molecular weight excluding hydrogens is 294 g/mol. The van der Waals surface area contributed by atoms with Gasteiger partial charge in [0.25, 0.3) is 0 Å². The van der Waals surface area contributed by atoms with Gasteiger partial charge in [0, 0.05) is 11.6 Å². The highest BCUT2D eigenvalue weighted by atomic mass is 16.5. The predicted molar refractivity (Wildman–Crippen MR) is 85.4 cm³/mol. The molecule has 0 fully saturated rings. The molecule has 1 atom stereocenters. The maximum absolute atomic E-state index is 11.7. The molecule has 23 heavy (non-hydrogen) atoms. The number of carbonyl (C=O) groups is 1. The molecule has 0 saturated heterocycles. The molecule has 0 unspecified atom stereocenters. The van der Waals surface area contributed by atoms with Crippen molar-refractivity contribution in [2.75, 3.05) is 6.61 Å². The number of hydrogen-bond acceptors (Lipinski definition) is 4. The Morgan fingerprint density at radius 2 is 2.00 bits per heavy atom. The van der Waals surface area contributed by atoms with Gasteiger partial charge in [-0.3, -0.25) is 0 Å². The number of fused-ring (bicyclic) bond motifs is 1. The van der Waals surface area contributed by atoms with E-state index in [2.05, 4.69) is 0 Å². The Morgan fingerprint density at radius 3 is 2.65 bits per heavy atom. The Kier molecular flexibility index (Phi) is 3.93. The molecule has 0 aliphatic carbocycles. The van der Waals surface area contributed by atoms with Crippen LogP contribution in [0.5, 0.6) is 11.5 Å². The molecule has 1 aliphatic heterocycles. The van der Waals surface area contributed by atoms with Gasteiger partial charge in [0.05, 0.1) is 12.5 Å². The SMILES string of the molecule is CCOc1ccc2c(c1)OC(N)=C(C(=O)O)[C@H]2c1ccccc1. The van der Waals surface area contributed by atoms with Crippen molar-refractivity contribution < 1.29 is 19.4 Å². The summed E-state index contributed by atoms with van der Waals surface area (Å²) >= 11 is 0. The van der Waals surface area contributed by atoms with Crippen molar-refractivity contribution in [1.82, 2.24) is 0 Å². The average molecular weight is 311 g/mol. The molecule has 2 aromatic rings. The quantitative estimate of drug-likeness (QED) is 0.907. The number of nitrogens with two attached hydrogens (primary N) is 1. The molecule has 0 amide bonds. The largest absolute Gasteiger partial charge is 0.494 e. The molecule has 0 spiro atoms. The van der Waals surface area contributed by atoms with E-state index in [0.29, 0.717) is 18.1 Å². The van der Waals surface area contributed by atoms with Crippen molar-refractivity contribution in [3.05, 3.63) is 71.1 Å². The van der Waals surface area contributed by atoms with E-state index >= 15 is 0 Å². The van der Waals surface area contributed by atoms with E-state index < -0.39 is 11.9 Å². The Labute approximate surface area is 134 Å². The standard InChI is InChI=1S/C18H17NO4/c1-2-22-12-8-9-13-14(10-12)23-17(19)16(18(20)21)15(13)11-6-4-3-5-7-11/h3-10,15H,2,19H2,1H3,(H,20,21)/t15-/m0/s1. The van der Waals surface area contributed by atoms with Crippen LogP contribution in [0.1, 0.15) is 24.0 Å². The van der Waals surface area contributed by atoms with Crippen LogP contribution >= 0.6 is 0 Å². The smallest absolute Gasteiger partial charge is 0.337 e. The summed E-state index contributed by atoms with van der Waals surface area (Å²) in [4.78, 5) is 11.7. The number of carboxylic acid groups (broad SMARTS) is 1. The Balaban J connectivity index is 2.16. The Bertz CT molecular complexity index is 768. The zero-order valence-corrected chi connectivity index (χ0v) is 12.7. The first-order valence-electron chi connectivity index (χ1n) is 7.34. The van der Waals surface area contributed by atoms with Gasteiger partial charge in [0.15, 0.2) is 0 Å². The van der Waals surface area contributed by atoms with Crippen molar-refractivity contribution in [3.63, 3.8) is 0 Å². The van der Waals surface area contributed by atoms with Gasteiger partial charge in [0.2, 0.25) is 5.88 Å². The van der Waals surface area contributed by atoms with E-state index in [1.54, 1.807) is 6.07 Å². The van der Waals surface area contributed by atoms with Gasteiger partial charge in [-0.05, 0) is 18.6 Å². The van der Waals surface area contributed by atoms with Gasteiger partial charge < -0.3 is 20.3 Å². The van der Waals surface area contributed by atoms with Gasteiger partial charge in [-0.1, -0.05) is 36.4 Å². The monoisotopic (exact) mass is 311 g/mol. The second kappa shape index (κ2) is 6.04. The first kappa shape index (κ1) is 15.0. The summed E-state index contributed by atoms with van der Waals surface area (Å²) in [6.07, 6.45) is 0. The molecule has 1 aliphatic rings. The van der Waals surface area contributed by atoms with Crippen LogP contribution in [-0.4, -0.2) is 17.7 Å². The lowest BCUT2D eigenvalue weighted by Gasteiger charge is -2.27. The minimum Gasteiger partial charge on any atom is -0.494 e. The lowest BCUT2D eigenvalue weighted by molar-refractivity contribution is -0.133. The summed E-state index contributed by atoms with van der Waals surface area (Å²) in [6, 6.07) is 14.8. The van der Waals surface area contributed by atoms with Gasteiger partial charge >= 0.3 is 5.97 Å². The van der Waals surface area contributed by atoms with Crippen molar-refractivity contribution in [3.8, 4) is 11.5 Å². The lowest BCUT2D eigenvalue weighted by atomic mass is 9.83. The molecule has 1 heterocycles. The van der Waals surface area contributed by atoms with Crippen LogP contribution < -0.4 is 15.2 Å². The number of benzene rings is 2. The summed E-state index contributed by atoms with van der Waals surface area (Å²) < 4.78 is 11.0. The highest BCUT2D eigenvalue weighted by molar-refractivity contribution is 5.91. The lowest BCUT2D eigenvalue weighted by Crippen LogP contribution is -2.26. The first-order chi connectivity index (χ1) is 11.1. The Morgan fingerprint density at radius 1 is 1.26 bits per heavy atom. The summed E-state index contributed by atoms with van der Waals surface area (Å²) in [5.41, 5.74) is 7.54. The highest BCUT2D eigenvalue weighted by Gasteiger charge is 2.34. The molecule has 2 aromatic carbocycles. The first-order valence-corrected chi connectivity index (χ1v) is 7.34. The van der Waals surface area contributed by atoms with E-state index in [1.807, 2.05) is 49.4 Å². The summed E-state index contributed by atoms with van der Waals surface area (Å²) in [6.45, 7) is 2.43. The second-order valence-corrected chi connectivity index (χ2v) is 5.16. The molecule has 118 valence electrons. The minimum absolute atomic E-state index is 0.0489. The molecule has 0 radical (unpaired) electrons. The maximum atomic E-state index is 11.7. The summed E-state index contributed by atoms with van der Waals surface area (Å²) in [5, 5.41) is 9.56. The predicted octanol–water partition coefficient (Wildman–Crippen LogP) is 2.86. The van der Waals surface area contributed by atoms with E-state index in [4.69, 9.17) is 15.2 Å². The average Bonchev–Trinajstić information content (AvgIpc) is 2.54. The van der Waals surface area contributed by atoms with E-state index in [9.17, 15) is 9.90 Å². The molecule has 3 rings (SSSR count). The van der Waals surface area contributed by atoms with Crippen molar-refractivity contribution in [2.24, 2.45) is 5.73 Å². The number of aliphatic carboxylic acids is 1. The normalized spacial score (nSPS) is 16.5. The zero-order valence-electron chi connectivity index (χ0n) is 12.7. The molecule has 3 N–H and O–H groups in total. The number of rotatable bonds is 4. The molecule has 5 nitrogen and oxygen atoms in total. The number of ether oxygens (including phenoxy) is 2. The third-order valence-electron chi connectivity index (χ3n) is 3.74. The van der Waals surface area contributed by atoms with Crippen molar-refractivity contribution in [1.29, 1.82) is 0 Å². The molecule has 0 aromatic heterocycles. The van der Waals surface area contributed by atoms with Crippen LogP contribution in [0.4, 0.5) is 0 Å².